The number of rotatable bonds is 5. The highest BCUT2D eigenvalue weighted by Crippen LogP contribution is 2.30. The number of urea groups is 1. The lowest BCUT2D eigenvalue weighted by Gasteiger charge is -2.31. The lowest BCUT2D eigenvalue weighted by atomic mass is 9.97. The van der Waals surface area contributed by atoms with E-state index in [0.29, 0.717) is 32.5 Å². The SMILES string of the molecule is COc1cc(OC)cc(N2CCC(NC(=O)N3CCC(C(=O)O)CC3)C2)c1. The van der Waals surface area contributed by atoms with E-state index in [1.165, 1.54) is 0 Å². The number of anilines is 1. The molecule has 8 nitrogen and oxygen atoms in total. The Morgan fingerprint density at radius 3 is 2.22 bits per heavy atom. The van der Waals surface area contributed by atoms with Crippen LogP contribution in [0.3, 0.4) is 0 Å². The minimum atomic E-state index is -0.768. The molecule has 2 aliphatic rings. The first kappa shape index (κ1) is 19.1. The number of hydrogen-bond acceptors (Lipinski definition) is 5. The van der Waals surface area contributed by atoms with Gasteiger partial charge in [-0.05, 0) is 19.3 Å². The van der Waals surface area contributed by atoms with Crippen LogP contribution in [-0.2, 0) is 4.79 Å². The van der Waals surface area contributed by atoms with Crippen molar-refractivity contribution < 1.29 is 24.2 Å². The summed E-state index contributed by atoms with van der Waals surface area (Å²) in [5.41, 5.74) is 1.00. The van der Waals surface area contributed by atoms with Crippen LogP contribution in [0.15, 0.2) is 18.2 Å². The van der Waals surface area contributed by atoms with Gasteiger partial charge in [0.05, 0.1) is 20.1 Å². The van der Waals surface area contributed by atoms with Crippen molar-refractivity contribution in [1.29, 1.82) is 0 Å². The fourth-order valence-electron chi connectivity index (χ4n) is 3.68. The smallest absolute Gasteiger partial charge is 0.317 e. The zero-order valence-corrected chi connectivity index (χ0v) is 15.8. The van der Waals surface area contributed by atoms with E-state index in [2.05, 4.69) is 10.2 Å². The summed E-state index contributed by atoms with van der Waals surface area (Å²) in [6.45, 7) is 2.54. The molecule has 2 N–H and O–H groups in total. The summed E-state index contributed by atoms with van der Waals surface area (Å²) >= 11 is 0. The van der Waals surface area contributed by atoms with E-state index in [1.807, 2.05) is 18.2 Å². The molecule has 1 unspecified atom stereocenters. The van der Waals surface area contributed by atoms with Crippen molar-refractivity contribution in [2.45, 2.75) is 25.3 Å². The van der Waals surface area contributed by atoms with Gasteiger partial charge >= 0.3 is 12.0 Å². The molecule has 148 valence electrons. The number of amides is 2. The third kappa shape index (κ3) is 4.56. The maximum absolute atomic E-state index is 12.5. The number of carboxylic acids is 1. The first-order valence-corrected chi connectivity index (χ1v) is 9.26. The molecule has 3 rings (SSSR count). The average molecular weight is 377 g/mol. The van der Waals surface area contributed by atoms with Crippen molar-refractivity contribution in [3.63, 3.8) is 0 Å². The highest BCUT2D eigenvalue weighted by atomic mass is 16.5. The lowest BCUT2D eigenvalue weighted by molar-refractivity contribution is -0.143. The molecule has 2 amide bonds. The molecule has 2 saturated heterocycles. The van der Waals surface area contributed by atoms with E-state index in [-0.39, 0.29) is 18.0 Å². The van der Waals surface area contributed by atoms with E-state index in [4.69, 9.17) is 14.6 Å². The second kappa shape index (κ2) is 8.37. The number of carboxylic acid groups (broad SMARTS) is 1. The fourth-order valence-corrected chi connectivity index (χ4v) is 3.68. The van der Waals surface area contributed by atoms with Gasteiger partial charge in [0.2, 0.25) is 0 Å². The third-order valence-corrected chi connectivity index (χ3v) is 5.35. The molecule has 2 aliphatic heterocycles. The maximum Gasteiger partial charge on any atom is 0.317 e. The van der Waals surface area contributed by atoms with Crippen molar-refractivity contribution in [2.24, 2.45) is 5.92 Å². The van der Waals surface area contributed by atoms with Crippen molar-refractivity contribution in [1.82, 2.24) is 10.2 Å². The molecule has 8 heteroatoms. The van der Waals surface area contributed by atoms with Gasteiger partial charge in [-0.1, -0.05) is 0 Å². The fraction of sp³-hybridized carbons (Fsp3) is 0.579. The second-order valence-corrected chi connectivity index (χ2v) is 7.05. The number of carbonyl (C=O) groups excluding carboxylic acids is 1. The number of carbonyl (C=O) groups is 2. The van der Waals surface area contributed by atoms with Gasteiger partial charge in [-0.2, -0.15) is 0 Å². The van der Waals surface area contributed by atoms with Crippen LogP contribution in [0, 0.1) is 5.92 Å². The number of nitrogens with one attached hydrogen (secondary N) is 1. The van der Waals surface area contributed by atoms with E-state index < -0.39 is 5.97 Å². The Morgan fingerprint density at radius 1 is 1.04 bits per heavy atom. The van der Waals surface area contributed by atoms with Gasteiger partial charge in [-0.3, -0.25) is 4.79 Å². The lowest BCUT2D eigenvalue weighted by Crippen LogP contribution is -2.49. The Bertz CT molecular complexity index is 666. The van der Waals surface area contributed by atoms with Gasteiger partial charge < -0.3 is 29.7 Å². The topological polar surface area (TPSA) is 91.3 Å². The number of likely N-dealkylation sites (tertiary alicyclic amines) is 1. The summed E-state index contributed by atoms with van der Waals surface area (Å²) in [5, 5.41) is 12.1. The highest BCUT2D eigenvalue weighted by Gasteiger charge is 2.30. The predicted molar refractivity (Wildman–Crippen MR) is 101 cm³/mol. The molecule has 1 atom stereocenters. The molecule has 0 bridgehead atoms. The van der Waals surface area contributed by atoms with Crippen molar-refractivity contribution in [3.8, 4) is 11.5 Å². The average Bonchev–Trinajstić information content (AvgIpc) is 3.16. The summed E-state index contributed by atoms with van der Waals surface area (Å²) in [7, 11) is 3.25. The molecule has 1 aromatic rings. The zero-order chi connectivity index (χ0) is 19.4. The van der Waals surface area contributed by atoms with E-state index in [0.717, 1.165) is 30.2 Å². The largest absolute Gasteiger partial charge is 0.497 e. The first-order valence-electron chi connectivity index (χ1n) is 9.26. The minimum absolute atomic E-state index is 0.0619. The Labute approximate surface area is 159 Å². The summed E-state index contributed by atoms with van der Waals surface area (Å²) < 4.78 is 10.7. The predicted octanol–water partition coefficient (Wildman–Crippen LogP) is 1.79. The number of ether oxygens (including phenoxy) is 2. The molecule has 0 saturated carbocycles. The van der Waals surface area contributed by atoms with Crippen LogP contribution >= 0.6 is 0 Å². The van der Waals surface area contributed by atoms with Gasteiger partial charge in [0.25, 0.3) is 0 Å². The number of piperidine rings is 1. The van der Waals surface area contributed by atoms with Crippen LogP contribution in [0.4, 0.5) is 10.5 Å². The van der Waals surface area contributed by atoms with E-state index in [9.17, 15) is 9.59 Å². The van der Waals surface area contributed by atoms with Crippen LogP contribution in [0.1, 0.15) is 19.3 Å². The van der Waals surface area contributed by atoms with Gasteiger partial charge in [0, 0.05) is 56.1 Å². The van der Waals surface area contributed by atoms with Crippen molar-refractivity contribution >= 4 is 17.7 Å². The van der Waals surface area contributed by atoms with Gasteiger partial charge in [0.15, 0.2) is 0 Å². The molecule has 0 aromatic heterocycles. The summed E-state index contributed by atoms with van der Waals surface area (Å²) in [4.78, 5) is 27.4. The van der Waals surface area contributed by atoms with Gasteiger partial charge in [-0.25, -0.2) is 4.79 Å². The minimum Gasteiger partial charge on any atom is -0.497 e. The van der Waals surface area contributed by atoms with E-state index in [1.54, 1.807) is 19.1 Å². The van der Waals surface area contributed by atoms with Crippen LogP contribution in [-0.4, -0.2) is 68.4 Å². The monoisotopic (exact) mass is 377 g/mol. The first-order chi connectivity index (χ1) is 13.0. The number of nitrogens with zero attached hydrogens (tertiary/aromatic N) is 2. The Balaban J connectivity index is 1.54. The number of hydrogen-bond donors (Lipinski definition) is 2. The van der Waals surface area contributed by atoms with Crippen LogP contribution in [0.25, 0.3) is 0 Å². The quantitative estimate of drug-likeness (QED) is 0.813. The van der Waals surface area contributed by atoms with Crippen LogP contribution in [0.5, 0.6) is 11.5 Å². The van der Waals surface area contributed by atoms with Crippen molar-refractivity contribution in [2.75, 3.05) is 45.3 Å². The van der Waals surface area contributed by atoms with Crippen LogP contribution in [0.2, 0.25) is 0 Å². The molecule has 0 radical (unpaired) electrons. The third-order valence-electron chi connectivity index (χ3n) is 5.35. The molecule has 1 aromatic carbocycles. The molecule has 2 fully saturated rings. The Kier molecular flexibility index (Phi) is 5.93. The summed E-state index contributed by atoms with van der Waals surface area (Å²) in [6, 6.07) is 5.72. The number of benzene rings is 1. The number of methoxy groups -OCH3 is 2. The Morgan fingerprint density at radius 2 is 1.67 bits per heavy atom. The molecule has 27 heavy (non-hydrogen) atoms. The normalized spacial score (nSPS) is 20.4. The molecule has 0 spiro atoms. The molecule has 2 heterocycles. The van der Waals surface area contributed by atoms with Crippen molar-refractivity contribution in [3.05, 3.63) is 18.2 Å². The summed E-state index contributed by atoms with van der Waals surface area (Å²) in [6.07, 6.45) is 1.89. The van der Waals surface area contributed by atoms with Gasteiger partial charge in [-0.15, -0.1) is 0 Å². The second-order valence-electron chi connectivity index (χ2n) is 7.05. The molecular formula is C19H27N3O5. The maximum atomic E-state index is 12.5. The molecule has 0 aliphatic carbocycles. The van der Waals surface area contributed by atoms with Gasteiger partial charge in [0.1, 0.15) is 11.5 Å². The van der Waals surface area contributed by atoms with E-state index >= 15 is 0 Å². The molecular weight excluding hydrogens is 350 g/mol. The zero-order valence-electron chi connectivity index (χ0n) is 15.8. The Hall–Kier alpha value is -2.64. The summed E-state index contributed by atoms with van der Waals surface area (Å²) in [5.74, 6) is 0.366. The van der Waals surface area contributed by atoms with Crippen LogP contribution < -0.4 is 19.7 Å². The highest BCUT2D eigenvalue weighted by molar-refractivity contribution is 5.76. The standard InChI is InChI=1S/C19H27N3O5/c1-26-16-9-15(10-17(11-16)27-2)22-8-5-14(12-22)20-19(25)21-6-3-13(4-7-21)18(23)24/h9-11,13-14H,3-8,12H2,1-2H3,(H,20,25)(H,23,24). The number of aliphatic carboxylic acids is 1.